The van der Waals surface area contributed by atoms with Crippen LogP contribution < -0.4 is 0 Å². The average Bonchev–Trinajstić information content (AvgIpc) is 2.42. The quantitative estimate of drug-likeness (QED) is 0.653. The van der Waals surface area contributed by atoms with E-state index in [9.17, 15) is 0 Å². The molecule has 0 unspecified atom stereocenters. The number of hydrogen-bond acceptors (Lipinski definition) is 0. The largest absolute Gasteiger partial charge is 0.0648 e. The van der Waals surface area contributed by atoms with Gasteiger partial charge in [-0.1, -0.05) is 67.9 Å². The Morgan fingerprint density at radius 3 is 1.61 bits per heavy atom. The van der Waals surface area contributed by atoms with Gasteiger partial charge in [-0.15, -0.1) is 0 Å². The first-order chi connectivity index (χ1) is 8.74. The molecule has 0 heterocycles. The molecular formula is C18H22. The van der Waals surface area contributed by atoms with Crippen LogP contribution in [0.25, 0.3) is 11.1 Å². The van der Waals surface area contributed by atoms with Crippen LogP contribution in [0.5, 0.6) is 0 Å². The summed E-state index contributed by atoms with van der Waals surface area (Å²) in [5.41, 5.74) is 5.39. The van der Waals surface area contributed by atoms with Gasteiger partial charge >= 0.3 is 0 Å². The minimum Gasteiger partial charge on any atom is -0.0648 e. The molecule has 0 saturated heterocycles. The first-order valence-corrected chi connectivity index (χ1v) is 6.91. The molecule has 0 atom stereocenters. The fourth-order valence-electron chi connectivity index (χ4n) is 2.45. The second-order valence-electron chi connectivity index (χ2n) is 5.00. The van der Waals surface area contributed by atoms with E-state index in [0.717, 1.165) is 0 Å². The number of aryl methyl sites for hydroxylation is 1. The minimum atomic E-state index is 0.706. The molecule has 2 aromatic carbocycles. The molecule has 0 aliphatic heterocycles. The van der Waals surface area contributed by atoms with Gasteiger partial charge in [0.2, 0.25) is 0 Å². The maximum absolute atomic E-state index is 2.28. The summed E-state index contributed by atoms with van der Waals surface area (Å²) in [6.45, 7) is 6.66. The Morgan fingerprint density at radius 2 is 1.17 bits per heavy atom. The third kappa shape index (κ3) is 2.81. The summed E-state index contributed by atoms with van der Waals surface area (Å²) in [6.07, 6.45) is 2.45. The van der Waals surface area contributed by atoms with Crippen LogP contribution in [0.2, 0.25) is 0 Å². The van der Waals surface area contributed by atoms with E-state index in [1.54, 1.807) is 0 Å². The van der Waals surface area contributed by atoms with E-state index in [2.05, 4.69) is 69.3 Å². The zero-order chi connectivity index (χ0) is 13.0. The van der Waals surface area contributed by atoms with Gasteiger partial charge in [0.25, 0.3) is 0 Å². The summed E-state index contributed by atoms with van der Waals surface area (Å²) in [5, 5.41) is 0. The molecule has 94 valence electrons. The summed E-state index contributed by atoms with van der Waals surface area (Å²) < 4.78 is 0. The van der Waals surface area contributed by atoms with Crippen LogP contribution in [0, 0.1) is 6.92 Å². The Bertz CT molecular complexity index is 472. The lowest BCUT2D eigenvalue weighted by Gasteiger charge is -2.13. The highest BCUT2D eigenvalue weighted by Crippen LogP contribution is 2.26. The van der Waals surface area contributed by atoms with Crippen molar-refractivity contribution in [3.8, 4) is 11.1 Å². The molecule has 0 fully saturated rings. The summed E-state index contributed by atoms with van der Waals surface area (Å²) in [4.78, 5) is 0. The number of rotatable bonds is 4. The van der Waals surface area contributed by atoms with Gasteiger partial charge in [-0.2, -0.15) is 0 Å². The van der Waals surface area contributed by atoms with Crippen LogP contribution in [0.15, 0.2) is 48.5 Å². The Morgan fingerprint density at radius 1 is 0.722 bits per heavy atom. The van der Waals surface area contributed by atoms with Gasteiger partial charge in [-0.05, 0) is 42.4 Å². The smallest absolute Gasteiger partial charge is 0.0167 e. The van der Waals surface area contributed by atoms with Gasteiger partial charge in [0, 0.05) is 0 Å². The van der Waals surface area contributed by atoms with Crippen LogP contribution >= 0.6 is 0 Å². The molecule has 0 spiro atoms. The maximum atomic E-state index is 2.28. The van der Waals surface area contributed by atoms with Crippen LogP contribution in [-0.4, -0.2) is 0 Å². The fourth-order valence-corrected chi connectivity index (χ4v) is 2.45. The summed E-state index contributed by atoms with van der Waals surface area (Å²) in [7, 11) is 0. The maximum Gasteiger partial charge on any atom is -0.0167 e. The summed E-state index contributed by atoms with van der Waals surface area (Å²) in [5.74, 6) is 0.706. The Labute approximate surface area is 111 Å². The molecule has 18 heavy (non-hydrogen) atoms. The zero-order valence-electron chi connectivity index (χ0n) is 11.6. The second-order valence-corrected chi connectivity index (χ2v) is 5.00. The van der Waals surface area contributed by atoms with Crippen LogP contribution in [0.4, 0.5) is 0 Å². The lowest BCUT2D eigenvalue weighted by atomic mass is 9.92. The first-order valence-electron chi connectivity index (χ1n) is 6.91. The number of hydrogen-bond donors (Lipinski definition) is 0. The normalized spacial score (nSPS) is 10.9. The van der Waals surface area contributed by atoms with E-state index in [4.69, 9.17) is 0 Å². The van der Waals surface area contributed by atoms with E-state index < -0.39 is 0 Å². The van der Waals surface area contributed by atoms with Gasteiger partial charge in [-0.3, -0.25) is 0 Å². The second kappa shape index (κ2) is 5.86. The Kier molecular flexibility index (Phi) is 4.19. The third-order valence-corrected chi connectivity index (χ3v) is 3.75. The SMILES string of the molecule is CCC(CC)c1ccc(-c2ccc(C)cc2)cc1. The van der Waals surface area contributed by atoms with E-state index in [-0.39, 0.29) is 0 Å². The highest BCUT2D eigenvalue weighted by Gasteiger charge is 2.06. The lowest BCUT2D eigenvalue weighted by molar-refractivity contribution is 0.642. The van der Waals surface area contributed by atoms with Crippen LogP contribution in [-0.2, 0) is 0 Å². The Hall–Kier alpha value is -1.56. The molecule has 2 aromatic rings. The van der Waals surface area contributed by atoms with Crippen molar-refractivity contribution in [2.24, 2.45) is 0 Å². The van der Waals surface area contributed by atoms with Crippen molar-refractivity contribution < 1.29 is 0 Å². The summed E-state index contributed by atoms with van der Waals surface area (Å²) >= 11 is 0. The van der Waals surface area contributed by atoms with Gasteiger partial charge in [-0.25, -0.2) is 0 Å². The molecule has 0 saturated carbocycles. The van der Waals surface area contributed by atoms with Crippen molar-refractivity contribution in [3.05, 3.63) is 59.7 Å². The lowest BCUT2D eigenvalue weighted by Crippen LogP contribution is -1.94. The minimum absolute atomic E-state index is 0.706. The molecule has 0 aromatic heterocycles. The molecule has 0 amide bonds. The molecule has 0 heteroatoms. The van der Waals surface area contributed by atoms with E-state index >= 15 is 0 Å². The van der Waals surface area contributed by atoms with E-state index in [1.807, 2.05) is 0 Å². The highest BCUT2D eigenvalue weighted by molar-refractivity contribution is 5.64. The standard InChI is InChI=1S/C18H22/c1-4-15(5-2)16-10-12-18(13-11-16)17-8-6-14(3)7-9-17/h6-13,15H,4-5H2,1-3H3. The predicted octanol–water partition coefficient (Wildman–Crippen LogP) is 5.57. The fraction of sp³-hybridized carbons (Fsp3) is 0.333. The molecule has 0 radical (unpaired) electrons. The van der Waals surface area contributed by atoms with Crippen molar-refractivity contribution in [1.82, 2.24) is 0 Å². The zero-order valence-corrected chi connectivity index (χ0v) is 11.6. The van der Waals surface area contributed by atoms with Crippen molar-refractivity contribution in [2.75, 3.05) is 0 Å². The molecule has 0 nitrogen and oxygen atoms in total. The highest BCUT2D eigenvalue weighted by atomic mass is 14.1. The van der Waals surface area contributed by atoms with Gasteiger partial charge in [0.1, 0.15) is 0 Å². The van der Waals surface area contributed by atoms with Crippen molar-refractivity contribution in [1.29, 1.82) is 0 Å². The van der Waals surface area contributed by atoms with Crippen molar-refractivity contribution >= 4 is 0 Å². The Balaban J connectivity index is 2.24. The van der Waals surface area contributed by atoms with E-state index in [1.165, 1.54) is 35.1 Å². The summed E-state index contributed by atoms with van der Waals surface area (Å²) in [6, 6.07) is 17.8. The molecule has 0 bridgehead atoms. The van der Waals surface area contributed by atoms with Crippen molar-refractivity contribution in [3.63, 3.8) is 0 Å². The predicted molar refractivity (Wildman–Crippen MR) is 79.9 cm³/mol. The van der Waals surface area contributed by atoms with Gasteiger partial charge < -0.3 is 0 Å². The molecule has 0 N–H and O–H groups in total. The van der Waals surface area contributed by atoms with Crippen molar-refractivity contribution in [2.45, 2.75) is 39.5 Å². The average molecular weight is 238 g/mol. The van der Waals surface area contributed by atoms with Gasteiger partial charge in [0.05, 0.1) is 0 Å². The van der Waals surface area contributed by atoms with Crippen LogP contribution in [0.3, 0.4) is 0 Å². The monoisotopic (exact) mass is 238 g/mol. The first kappa shape index (κ1) is 12.9. The molecule has 0 aliphatic carbocycles. The number of benzene rings is 2. The van der Waals surface area contributed by atoms with E-state index in [0.29, 0.717) is 5.92 Å². The molecular weight excluding hydrogens is 216 g/mol. The van der Waals surface area contributed by atoms with Gasteiger partial charge in [0.15, 0.2) is 0 Å². The van der Waals surface area contributed by atoms with Crippen LogP contribution in [0.1, 0.15) is 43.7 Å². The topological polar surface area (TPSA) is 0 Å². The molecule has 2 rings (SSSR count). The molecule has 0 aliphatic rings. The third-order valence-electron chi connectivity index (χ3n) is 3.75.